The average Bonchev–Trinajstić information content (AvgIpc) is 1.76. The molecule has 0 aromatic rings. The van der Waals surface area contributed by atoms with Crippen molar-refractivity contribution < 1.29 is 81.0 Å². The second kappa shape index (κ2) is 45.1. The van der Waals surface area contributed by atoms with Gasteiger partial charge >= 0.3 is 0 Å². The van der Waals surface area contributed by atoms with Crippen LogP contribution in [0, 0.1) is 32.5 Å². The van der Waals surface area contributed by atoms with Crippen LogP contribution in [0.25, 0.3) is 0 Å². The Morgan fingerprint density at radius 2 is 0.677 bits per heavy atom. The molecule has 1 rings (SSSR count). The lowest BCUT2D eigenvalue weighted by molar-refractivity contribution is -0.139. The van der Waals surface area contributed by atoms with Gasteiger partial charge in [0.1, 0.15) is 0 Å². The van der Waals surface area contributed by atoms with Gasteiger partial charge in [0.15, 0.2) is 0 Å². The van der Waals surface area contributed by atoms with E-state index < -0.39 is 55.7 Å². The van der Waals surface area contributed by atoms with Gasteiger partial charge < -0.3 is 74.7 Å². The van der Waals surface area contributed by atoms with Crippen LogP contribution in [0.3, 0.4) is 0 Å². The van der Waals surface area contributed by atoms with E-state index in [1.807, 2.05) is 111 Å². The van der Waals surface area contributed by atoms with Gasteiger partial charge in [0, 0.05) is 131 Å². The zero-order valence-electron chi connectivity index (χ0n) is 65.0. The van der Waals surface area contributed by atoms with Crippen molar-refractivity contribution in [1.29, 1.82) is 0 Å². The predicted molar refractivity (Wildman–Crippen MR) is 384 cm³/mol. The van der Waals surface area contributed by atoms with Crippen LogP contribution in [0.15, 0.2) is 12.2 Å². The number of carbonyl (C=O) groups excluding carboxylic acids is 9. The van der Waals surface area contributed by atoms with Crippen LogP contribution in [0.5, 0.6) is 0 Å². The third-order valence-corrected chi connectivity index (χ3v) is 17.8. The normalized spacial score (nSPS) is 13.6. The van der Waals surface area contributed by atoms with Crippen molar-refractivity contribution in [3.8, 4) is 0 Å². The summed E-state index contributed by atoms with van der Waals surface area (Å²) in [4.78, 5) is 117. The zero-order valence-corrected chi connectivity index (χ0v) is 65.0. The van der Waals surface area contributed by atoms with Crippen LogP contribution in [-0.4, -0.2) is 225 Å². The fourth-order valence-corrected chi connectivity index (χ4v) is 9.93. The van der Waals surface area contributed by atoms with E-state index in [4.69, 9.17) is 37.9 Å². The van der Waals surface area contributed by atoms with Gasteiger partial charge in [-0.15, -0.1) is 0 Å². The summed E-state index contributed by atoms with van der Waals surface area (Å²) < 4.78 is 47.1. The monoisotopic (exact) mass is 1410 g/mol. The van der Waals surface area contributed by atoms with Gasteiger partial charge in [-0.25, -0.2) is 0 Å². The molecule has 574 valence electrons. The number of hydrogen-bond donors (Lipinski definition) is 6. The quantitative estimate of drug-likeness (QED) is 0.0250. The summed E-state index contributed by atoms with van der Waals surface area (Å²) in [6.45, 7) is 45.6. The Bertz CT molecular complexity index is 2470. The highest BCUT2D eigenvalue weighted by Gasteiger charge is 2.34. The first-order chi connectivity index (χ1) is 45.9. The molecule has 25 heteroatoms. The largest absolute Gasteiger partial charge is 0.380 e. The van der Waals surface area contributed by atoms with Gasteiger partial charge in [0.25, 0.3) is 11.8 Å². The minimum absolute atomic E-state index is 0.0152. The van der Waals surface area contributed by atoms with Crippen molar-refractivity contribution in [3.05, 3.63) is 12.2 Å². The molecule has 0 saturated heterocycles. The summed E-state index contributed by atoms with van der Waals surface area (Å²) in [5.74, 6) is -1.64. The van der Waals surface area contributed by atoms with Crippen LogP contribution >= 0.6 is 0 Å². The molecule has 99 heavy (non-hydrogen) atoms. The molecule has 0 atom stereocenters. The first-order valence-electron chi connectivity index (χ1n) is 36.2. The van der Waals surface area contributed by atoms with Crippen LogP contribution in [0.2, 0.25) is 0 Å². The molecule has 0 aromatic heterocycles. The second-order valence-electron chi connectivity index (χ2n) is 32.3. The summed E-state index contributed by atoms with van der Waals surface area (Å²) in [6.07, 6.45) is 9.23. The lowest BCUT2D eigenvalue weighted by Gasteiger charge is -2.30. The first-order valence-corrected chi connectivity index (χ1v) is 36.2. The molecule has 1 heterocycles. The van der Waals surface area contributed by atoms with Crippen molar-refractivity contribution in [2.24, 2.45) is 32.5 Å². The van der Waals surface area contributed by atoms with Crippen molar-refractivity contribution in [2.45, 2.75) is 232 Å². The smallest absolute Gasteiger partial charge is 0.253 e. The summed E-state index contributed by atoms with van der Waals surface area (Å²) in [5.41, 5.74) is -4.39. The minimum atomic E-state index is -0.719. The molecule has 1 aliphatic rings. The lowest BCUT2D eigenvalue weighted by Crippen LogP contribution is -2.41. The molecule has 0 aliphatic carbocycles. The highest BCUT2D eigenvalue weighted by Crippen LogP contribution is 2.31. The van der Waals surface area contributed by atoms with E-state index in [1.165, 1.54) is 12.2 Å². The third-order valence-electron chi connectivity index (χ3n) is 17.8. The number of ether oxygens (including phenoxy) is 8. The Kier molecular flexibility index (Phi) is 41.8. The zero-order chi connectivity index (χ0) is 75.2. The number of nitrogens with one attached hydrogen (secondary N) is 6. The second-order valence-corrected chi connectivity index (χ2v) is 32.3. The van der Waals surface area contributed by atoms with E-state index >= 15 is 0 Å². The van der Waals surface area contributed by atoms with Gasteiger partial charge in [-0.3, -0.25) is 48.1 Å². The number of nitrogens with zero attached hydrogens (tertiary/aromatic N) is 2. The Hall–Kier alpha value is -5.15. The van der Waals surface area contributed by atoms with E-state index in [0.717, 1.165) is 30.6 Å². The third kappa shape index (κ3) is 41.5. The predicted octanol–water partition coefficient (Wildman–Crippen LogP) is 7.78. The van der Waals surface area contributed by atoms with E-state index in [1.54, 1.807) is 4.90 Å². The van der Waals surface area contributed by atoms with Crippen molar-refractivity contribution in [3.63, 3.8) is 0 Å². The summed E-state index contributed by atoms with van der Waals surface area (Å²) >= 11 is 0. The van der Waals surface area contributed by atoms with Crippen molar-refractivity contribution in [1.82, 2.24) is 41.7 Å². The van der Waals surface area contributed by atoms with E-state index in [2.05, 4.69) is 59.6 Å². The average molecular weight is 1410 g/mol. The molecule has 9 amide bonds. The van der Waals surface area contributed by atoms with Crippen molar-refractivity contribution in [2.75, 3.05) is 145 Å². The van der Waals surface area contributed by atoms with Crippen LogP contribution in [0.4, 0.5) is 0 Å². The van der Waals surface area contributed by atoms with Gasteiger partial charge in [-0.1, -0.05) is 103 Å². The maximum absolute atomic E-state index is 13.4. The first kappa shape index (κ1) is 91.9. The Morgan fingerprint density at radius 1 is 0.354 bits per heavy atom. The molecule has 0 fully saturated rings. The topological polar surface area (TPSA) is 306 Å². The summed E-state index contributed by atoms with van der Waals surface area (Å²) in [5, 5.41) is 17.9. The maximum Gasteiger partial charge on any atom is 0.253 e. The Morgan fingerprint density at radius 3 is 1.06 bits per heavy atom. The van der Waals surface area contributed by atoms with E-state index in [9.17, 15) is 43.2 Å². The molecule has 0 aromatic carbocycles. The van der Waals surface area contributed by atoms with Gasteiger partial charge in [-0.2, -0.15) is 0 Å². The lowest BCUT2D eigenvalue weighted by atomic mass is 9.79. The fraction of sp³-hybridized carbons (Fsp3) is 0.851. The minimum Gasteiger partial charge on any atom is -0.380 e. The molecule has 0 saturated carbocycles. The molecule has 0 radical (unpaired) electrons. The van der Waals surface area contributed by atoms with Crippen molar-refractivity contribution >= 4 is 53.2 Å². The number of amides is 9. The van der Waals surface area contributed by atoms with E-state index in [0.29, 0.717) is 91.1 Å². The van der Waals surface area contributed by atoms with Crippen LogP contribution in [-0.2, 0) is 81.0 Å². The summed E-state index contributed by atoms with van der Waals surface area (Å²) in [7, 11) is 0. The molecule has 6 N–H and O–H groups in total. The molecular formula is C74H136N8O17. The Balaban J connectivity index is 2.37. The van der Waals surface area contributed by atoms with Crippen LogP contribution < -0.4 is 31.9 Å². The fourth-order valence-electron chi connectivity index (χ4n) is 9.93. The SMILES string of the molecule is CCCC(C)(C)C(=O)NCCC(C)(C)OCCC(=O)NCCC(C)(C)OCCC(C)(C)C(=O)NCCOCCOCCN(CCOCCOCCNC(=O)C(C)(C)CCOC(C)(C)CCNC(=O)C(C)(C)CCOCCNC(=O)C(C)(C)CCC(C)(C)C)C(=O)CCN1C(=O)C=CC1=O. The molecule has 25 nitrogen and oxygen atoms in total. The number of hydrogen-bond acceptors (Lipinski definition) is 17. The van der Waals surface area contributed by atoms with Crippen LogP contribution in [0.1, 0.15) is 216 Å². The van der Waals surface area contributed by atoms with Gasteiger partial charge in [-0.05, 0) is 105 Å². The molecule has 0 bridgehead atoms. The number of carbonyl (C=O) groups is 9. The molecule has 0 spiro atoms. The number of rotatable bonds is 57. The number of imide groups is 1. The molecule has 1 aliphatic heterocycles. The maximum atomic E-state index is 13.4. The van der Waals surface area contributed by atoms with Gasteiger partial charge in [0.05, 0.1) is 82.9 Å². The molecular weight excluding hydrogens is 1270 g/mol. The summed E-state index contributed by atoms with van der Waals surface area (Å²) in [6, 6.07) is 0. The highest BCUT2D eigenvalue weighted by atomic mass is 16.5. The highest BCUT2D eigenvalue weighted by molar-refractivity contribution is 6.13. The molecule has 0 unspecified atom stereocenters. The Labute approximate surface area is 595 Å². The van der Waals surface area contributed by atoms with Gasteiger partial charge in [0.2, 0.25) is 41.4 Å². The van der Waals surface area contributed by atoms with E-state index in [-0.39, 0.29) is 152 Å². The standard InChI is InChI=1S/C74H136N8O17/c1-21-26-67(5,6)61(87)76-36-30-72(15,16)97-44-25-57(83)75-35-29-73(17,18)98-46-33-70(11,12)64(90)79-39-49-93-53-55-95-51-42-81(58(84)24-41-82-59(85)22-23-60(82)86)43-52-96-56-54-94-50-40-80-65(91)71(13,14)34-47-99-74(19,20)31-37-77-63(89)69(9,10)32-45-92-48-38-78-62(88)68(7,8)28-27-66(2,3)4/h22-23H,21,24-56H2,1-20H3,(H,75,83)(H,76,87)(H,77,89)(H,78,88)(H,79,90)(H,80,91).